The number of ketones is 1. The number of carbonyl (C=O) groups is 3. The second-order valence-electron chi connectivity index (χ2n) is 7.62. The molecule has 3 aromatic rings. The number of aromatic nitrogens is 1. The lowest BCUT2D eigenvalue weighted by molar-refractivity contribution is -0.384. The van der Waals surface area contributed by atoms with Crippen LogP contribution in [-0.2, 0) is 14.3 Å². The second-order valence-corrected chi connectivity index (χ2v) is 8.46. The van der Waals surface area contributed by atoms with Gasteiger partial charge in [-0.25, -0.2) is 4.98 Å². The van der Waals surface area contributed by atoms with E-state index in [2.05, 4.69) is 4.98 Å². The second kappa shape index (κ2) is 9.29. The fraction of sp³-hybridized carbons (Fsp3) is 0.217. The molecule has 0 saturated carbocycles. The molecule has 0 spiro atoms. The van der Waals surface area contributed by atoms with E-state index in [4.69, 9.17) is 4.74 Å². The number of hydrogen-bond acceptors (Lipinski definition) is 8. The van der Waals surface area contributed by atoms with Gasteiger partial charge < -0.3 is 4.74 Å². The highest BCUT2D eigenvalue weighted by Gasteiger charge is 2.37. The molecule has 0 radical (unpaired) electrons. The van der Waals surface area contributed by atoms with Crippen molar-refractivity contribution in [3.63, 3.8) is 0 Å². The fourth-order valence-corrected chi connectivity index (χ4v) is 4.26. The molecule has 1 aliphatic heterocycles. The van der Waals surface area contributed by atoms with Gasteiger partial charge in [-0.3, -0.25) is 29.4 Å². The monoisotopic (exact) mass is 465 g/mol. The molecule has 1 unspecified atom stereocenters. The van der Waals surface area contributed by atoms with Gasteiger partial charge in [-0.05, 0) is 19.1 Å². The molecule has 1 fully saturated rings. The topological polar surface area (TPSA) is 120 Å². The van der Waals surface area contributed by atoms with E-state index in [0.29, 0.717) is 5.13 Å². The molecule has 4 rings (SSSR count). The zero-order chi connectivity index (χ0) is 23.5. The predicted octanol–water partition coefficient (Wildman–Crippen LogP) is 3.81. The third kappa shape index (κ3) is 4.96. The van der Waals surface area contributed by atoms with Crippen molar-refractivity contribution in [1.82, 2.24) is 4.98 Å². The van der Waals surface area contributed by atoms with Crippen molar-refractivity contribution in [2.45, 2.75) is 13.3 Å². The first-order valence-corrected chi connectivity index (χ1v) is 11.0. The number of nitrogens with zero attached hydrogens (tertiary/aromatic N) is 3. The van der Waals surface area contributed by atoms with Crippen LogP contribution in [0.1, 0.15) is 22.3 Å². The third-order valence-corrected chi connectivity index (χ3v) is 6.14. The Kier molecular flexibility index (Phi) is 6.27. The van der Waals surface area contributed by atoms with Crippen LogP contribution in [0.5, 0.6) is 0 Å². The number of thiazole rings is 1. The van der Waals surface area contributed by atoms with Crippen molar-refractivity contribution in [3.8, 4) is 11.3 Å². The van der Waals surface area contributed by atoms with Gasteiger partial charge in [0.1, 0.15) is 0 Å². The molecule has 9 nitrogen and oxygen atoms in total. The van der Waals surface area contributed by atoms with Gasteiger partial charge in [0.05, 0.1) is 16.5 Å². The molecular formula is C23H19N3O6S. The lowest BCUT2D eigenvalue weighted by Gasteiger charge is -2.12. The number of aryl methyl sites for hydroxylation is 1. The molecule has 1 amide bonds. The first-order chi connectivity index (χ1) is 15.8. The number of hydrogen-bond donors (Lipinski definition) is 0. The van der Waals surface area contributed by atoms with Crippen molar-refractivity contribution in [1.29, 1.82) is 0 Å². The highest BCUT2D eigenvalue weighted by Crippen LogP contribution is 2.32. The summed E-state index contributed by atoms with van der Waals surface area (Å²) in [5, 5.41) is 13.1. The average molecular weight is 465 g/mol. The Balaban J connectivity index is 1.35. The van der Waals surface area contributed by atoms with Gasteiger partial charge in [-0.1, -0.05) is 29.8 Å². The molecule has 168 valence electrons. The van der Waals surface area contributed by atoms with E-state index in [-0.39, 0.29) is 30.1 Å². The van der Waals surface area contributed by atoms with Gasteiger partial charge in [0.15, 0.2) is 17.5 Å². The molecule has 1 atom stereocenters. The number of amides is 1. The first-order valence-electron chi connectivity index (χ1n) is 10.1. The van der Waals surface area contributed by atoms with Gasteiger partial charge in [-0.2, -0.15) is 0 Å². The minimum Gasteiger partial charge on any atom is -0.457 e. The summed E-state index contributed by atoms with van der Waals surface area (Å²) in [6.07, 6.45) is -0.0238. The molecule has 33 heavy (non-hydrogen) atoms. The van der Waals surface area contributed by atoms with E-state index in [1.807, 2.05) is 36.6 Å². The number of ether oxygens (including phenoxy) is 1. The Morgan fingerprint density at radius 2 is 1.88 bits per heavy atom. The summed E-state index contributed by atoms with van der Waals surface area (Å²) in [6, 6.07) is 12.9. The van der Waals surface area contributed by atoms with Crippen LogP contribution < -0.4 is 4.90 Å². The van der Waals surface area contributed by atoms with Crippen molar-refractivity contribution in [2.75, 3.05) is 18.1 Å². The number of nitro benzene ring substituents is 1. The maximum atomic E-state index is 12.5. The van der Waals surface area contributed by atoms with Gasteiger partial charge in [0.2, 0.25) is 5.91 Å². The molecule has 0 N–H and O–H groups in total. The Hall–Kier alpha value is -3.92. The SMILES string of the molecule is Cc1ccc(-c2csc(N3CC(C(=O)OCC(=O)c4ccc([N+](=O)[O-])cc4)CC3=O)n2)cc1. The van der Waals surface area contributed by atoms with Gasteiger partial charge in [0.25, 0.3) is 5.69 Å². The van der Waals surface area contributed by atoms with Gasteiger partial charge in [0, 0.05) is 41.6 Å². The highest BCUT2D eigenvalue weighted by molar-refractivity contribution is 7.14. The van der Waals surface area contributed by atoms with Crippen LogP contribution in [0.25, 0.3) is 11.3 Å². The Morgan fingerprint density at radius 1 is 1.18 bits per heavy atom. The average Bonchev–Trinajstić information content (AvgIpc) is 3.44. The molecule has 2 heterocycles. The van der Waals surface area contributed by atoms with Crippen LogP contribution in [0.2, 0.25) is 0 Å². The molecule has 1 saturated heterocycles. The Morgan fingerprint density at radius 3 is 2.55 bits per heavy atom. The summed E-state index contributed by atoms with van der Waals surface area (Å²) in [7, 11) is 0. The lowest BCUT2D eigenvalue weighted by Crippen LogP contribution is -2.27. The molecular weight excluding hydrogens is 446 g/mol. The maximum Gasteiger partial charge on any atom is 0.311 e. The van der Waals surface area contributed by atoms with E-state index in [1.165, 1.54) is 40.5 Å². The number of carbonyl (C=O) groups excluding carboxylic acids is 3. The van der Waals surface area contributed by atoms with E-state index in [9.17, 15) is 24.5 Å². The minimum absolute atomic E-state index is 0.0238. The molecule has 1 aliphatic rings. The maximum absolute atomic E-state index is 12.5. The largest absolute Gasteiger partial charge is 0.457 e. The first kappa shape index (κ1) is 22.3. The molecule has 0 aliphatic carbocycles. The molecule has 0 bridgehead atoms. The van der Waals surface area contributed by atoms with Crippen LogP contribution in [0, 0.1) is 23.0 Å². The van der Waals surface area contributed by atoms with Crippen LogP contribution in [0.15, 0.2) is 53.9 Å². The smallest absolute Gasteiger partial charge is 0.311 e. The zero-order valence-corrected chi connectivity index (χ0v) is 18.4. The zero-order valence-electron chi connectivity index (χ0n) is 17.6. The number of esters is 1. The van der Waals surface area contributed by atoms with Gasteiger partial charge >= 0.3 is 5.97 Å². The van der Waals surface area contributed by atoms with E-state index in [0.717, 1.165) is 16.8 Å². The summed E-state index contributed by atoms with van der Waals surface area (Å²) >= 11 is 1.32. The Bertz CT molecular complexity index is 1220. The minimum atomic E-state index is -0.700. The Labute approximate surface area is 192 Å². The summed E-state index contributed by atoms with van der Waals surface area (Å²) in [4.78, 5) is 53.3. The number of benzene rings is 2. The quantitative estimate of drug-likeness (QED) is 0.225. The van der Waals surface area contributed by atoms with Crippen molar-refractivity contribution < 1.29 is 24.0 Å². The highest BCUT2D eigenvalue weighted by atomic mass is 32.1. The molecule has 1 aromatic heterocycles. The number of Topliss-reactive ketones (excluding diaryl/α,β-unsaturated/α-hetero) is 1. The van der Waals surface area contributed by atoms with E-state index in [1.54, 1.807) is 0 Å². The fourth-order valence-electron chi connectivity index (χ4n) is 3.40. The van der Waals surface area contributed by atoms with Crippen molar-refractivity contribution in [2.24, 2.45) is 5.92 Å². The number of anilines is 1. The summed E-state index contributed by atoms with van der Waals surface area (Å²) < 4.78 is 5.12. The predicted molar refractivity (Wildman–Crippen MR) is 121 cm³/mol. The number of non-ortho nitro benzene ring substituents is 1. The van der Waals surface area contributed by atoms with Crippen molar-refractivity contribution >= 4 is 39.8 Å². The van der Waals surface area contributed by atoms with Crippen LogP contribution in [0.4, 0.5) is 10.8 Å². The number of rotatable bonds is 7. The van der Waals surface area contributed by atoms with Crippen LogP contribution in [0.3, 0.4) is 0 Å². The van der Waals surface area contributed by atoms with Crippen LogP contribution in [-0.4, -0.2) is 40.7 Å². The van der Waals surface area contributed by atoms with Gasteiger partial charge in [-0.15, -0.1) is 11.3 Å². The summed E-state index contributed by atoms with van der Waals surface area (Å²) in [5.74, 6) is -2.06. The molecule has 2 aromatic carbocycles. The summed E-state index contributed by atoms with van der Waals surface area (Å²) in [6.45, 7) is 1.62. The lowest BCUT2D eigenvalue weighted by atomic mass is 10.1. The van der Waals surface area contributed by atoms with Crippen LogP contribution >= 0.6 is 11.3 Å². The normalized spacial score (nSPS) is 15.5. The standard InChI is InChI=1S/C23H19N3O6S/c1-14-2-4-15(5-3-14)19-13-33-23(24-19)25-11-17(10-21(25)28)22(29)32-12-20(27)16-6-8-18(9-7-16)26(30)31/h2-9,13,17H,10-12H2,1H3. The third-order valence-electron chi connectivity index (χ3n) is 5.27. The molecule has 10 heteroatoms. The van der Waals surface area contributed by atoms with E-state index < -0.39 is 29.2 Å². The van der Waals surface area contributed by atoms with E-state index >= 15 is 0 Å². The van der Waals surface area contributed by atoms with Crippen molar-refractivity contribution in [3.05, 3.63) is 75.2 Å². The summed E-state index contributed by atoms with van der Waals surface area (Å²) in [5.41, 5.74) is 2.89. The number of nitro groups is 1.